The molecule has 0 spiro atoms. The summed E-state index contributed by atoms with van der Waals surface area (Å²) in [5.74, 6) is -2.53. The molecule has 3 N–H and O–H groups in total. The lowest BCUT2D eigenvalue weighted by molar-refractivity contribution is -0.153. The molecule has 0 bridgehead atoms. The molecule has 3 atom stereocenters. The minimum atomic E-state index is -0.959. The van der Waals surface area contributed by atoms with Crippen molar-refractivity contribution in [1.29, 1.82) is 0 Å². The number of nitrogens with one attached hydrogen (secondary N) is 3. The van der Waals surface area contributed by atoms with Gasteiger partial charge in [-0.3, -0.25) is 14.4 Å². The number of carbonyl (C=O) groups excluding carboxylic acids is 4. The molecule has 1 unspecified atom stereocenters. The number of hydrogen-bond donors (Lipinski definition) is 3. The number of rotatable bonds is 13. The van der Waals surface area contributed by atoms with Crippen molar-refractivity contribution in [2.24, 2.45) is 17.8 Å². The highest BCUT2D eigenvalue weighted by Gasteiger charge is 2.31. The lowest BCUT2D eigenvalue weighted by Gasteiger charge is -2.27. The SMILES string of the molecule is CCOC(=O)C(CC(C)C)C(=O)N[C@@H](NC(=O)CNC(=O)OCc1ccccc1)[C@@H](C)CC. The molecule has 0 heterocycles. The molecule has 3 amide bonds. The molecule has 0 saturated carbocycles. The van der Waals surface area contributed by atoms with Crippen molar-refractivity contribution in [3.05, 3.63) is 35.9 Å². The minimum absolute atomic E-state index is 0.0882. The minimum Gasteiger partial charge on any atom is -0.465 e. The van der Waals surface area contributed by atoms with Crippen LogP contribution in [0.5, 0.6) is 0 Å². The molecule has 9 nitrogen and oxygen atoms in total. The van der Waals surface area contributed by atoms with Crippen LogP contribution in [0.4, 0.5) is 4.79 Å². The molecule has 0 fully saturated rings. The Bertz CT molecular complexity index is 769. The zero-order valence-corrected chi connectivity index (χ0v) is 20.2. The van der Waals surface area contributed by atoms with E-state index < -0.39 is 36.0 Å². The Labute approximate surface area is 196 Å². The Balaban J connectivity index is 2.64. The van der Waals surface area contributed by atoms with E-state index in [1.165, 1.54) is 0 Å². The highest BCUT2D eigenvalue weighted by molar-refractivity contribution is 5.98. The Kier molecular flexibility index (Phi) is 12.6. The molecule has 184 valence electrons. The largest absolute Gasteiger partial charge is 0.465 e. The highest BCUT2D eigenvalue weighted by atomic mass is 16.5. The Morgan fingerprint density at radius 2 is 1.61 bits per heavy atom. The normalized spacial score (nSPS) is 13.4. The number of alkyl carbamates (subject to hydrolysis) is 1. The van der Waals surface area contributed by atoms with Gasteiger partial charge in [0, 0.05) is 0 Å². The Hall–Kier alpha value is -3.10. The Morgan fingerprint density at radius 1 is 0.939 bits per heavy atom. The van der Waals surface area contributed by atoms with Crippen molar-refractivity contribution >= 4 is 23.9 Å². The van der Waals surface area contributed by atoms with Crippen LogP contribution in [0.2, 0.25) is 0 Å². The molecular formula is C24H37N3O6. The molecule has 0 aromatic heterocycles. The van der Waals surface area contributed by atoms with E-state index in [-0.39, 0.29) is 31.6 Å². The summed E-state index contributed by atoms with van der Waals surface area (Å²) < 4.78 is 10.1. The van der Waals surface area contributed by atoms with E-state index in [0.717, 1.165) is 5.56 Å². The van der Waals surface area contributed by atoms with E-state index in [9.17, 15) is 19.2 Å². The molecule has 1 rings (SSSR count). The van der Waals surface area contributed by atoms with Gasteiger partial charge in [0.1, 0.15) is 25.2 Å². The van der Waals surface area contributed by atoms with Gasteiger partial charge in [-0.25, -0.2) is 4.79 Å². The van der Waals surface area contributed by atoms with Gasteiger partial charge in [-0.1, -0.05) is 58.0 Å². The van der Waals surface area contributed by atoms with Gasteiger partial charge in [-0.2, -0.15) is 0 Å². The number of amides is 3. The third-order valence-electron chi connectivity index (χ3n) is 5.03. The first-order valence-electron chi connectivity index (χ1n) is 11.4. The first-order valence-corrected chi connectivity index (χ1v) is 11.4. The van der Waals surface area contributed by atoms with Crippen LogP contribution in [0.3, 0.4) is 0 Å². The Morgan fingerprint density at radius 3 is 2.18 bits per heavy atom. The maximum atomic E-state index is 12.8. The quantitative estimate of drug-likeness (QED) is 0.235. The summed E-state index contributed by atoms with van der Waals surface area (Å²) in [5, 5.41) is 7.87. The topological polar surface area (TPSA) is 123 Å². The van der Waals surface area contributed by atoms with Crippen molar-refractivity contribution in [2.45, 2.75) is 60.2 Å². The van der Waals surface area contributed by atoms with Crippen molar-refractivity contribution < 1.29 is 28.7 Å². The van der Waals surface area contributed by atoms with E-state index in [0.29, 0.717) is 12.8 Å². The first kappa shape index (κ1) is 27.9. The van der Waals surface area contributed by atoms with Crippen molar-refractivity contribution in [3.63, 3.8) is 0 Å². The number of esters is 1. The fourth-order valence-electron chi connectivity index (χ4n) is 2.99. The van der Waals surface area contributed by atoms with Crippen LogP contribution in [-0.2, 0) is 30.5 Å². The van der Waals surface area contributed by atoms with Crippen LogP contribution >= 0.6 is 0 Å². The first-order chi connectivity index (χ1) is 15.7. The predicted octanol–water partition coefficient (Wildman–Crippen LogP) is 2.74. The van der Waals surface area contributed by atoms with Crippen molar-refractivity contribution in [1.82, 2.24) is 16.0 Å². The molecule has 0 radical (unpaired) electrons. The summed E-state index contributed by atoms with van der Waals surface area (Å²) in [6.07, 6.45) is -0.425. The van der Waals surface area contributed by atoms with Gasteiger partial charge < -0.3 is 25.4 Å². The van der Waals surface area contributed by atoms with E-state index in [1.54, 1.807) is 6.92 Å². The van der Waals surface area contributed by atoms with Gasteiger partial charge in [0.15, 0.2) is 0 Å². The number of carbonyl (C=O) groups is 4. The summed E-state index contributed by atoms with van der Waals surface area (Å²) in [4.78, 5) is 49.4. The maximum Gasteiger partial charge on any atom is 0.407 e. The van der Waals surface area contributed by atoms with Crippen LogP contribution in [0.1, 0.15) is 53.0 Å². The molecule has 0 aliphatic heterocycles. The molecule has 1 aromatic rings. The van der Waals surface area contributed by atoms with Gasteiger partial charge in [0.2, 0.25) is 11.8 Å². The van der Waals surface area contributed by atoms with Crippen LogP contribution in [0.25, 0.3) is 0 Å². The zero-order valence-electron chi connectivity index (χ0n) is 20.2. The second kappa shape index (κ2) is 14.9. The third-order valence-corrected chi connectivity index (χ3v) is 5.03. The molecule has 0 aliphatic carbocycles. The highest BCUT2D eigenvalue weighted by Crippen LogP contribution is 2.15. The number of benzene rings is 1. The number of hydrogen-bond acceptors (Lipinski definition) is 6. The standard InChI is InChI=1S/C24H37N3O6/c1-6-17(5)21(27-22(29)19(13-16(3)4)23(30)32-7-2)26-20(28)14-25-24(31)33-15-18-11-9-8-10-12-18/h8-12,16-17,19,21H,6-7,13-15H2,1-5H3,(H,25,31)(H,26,28)(H,27,29)/t17-,19?,21+/m0/s1. The monoisotopic (exact) mass is 463 g/mol. The van der Waals surface area contributed by atoms with E-state index >= 15 is 0 Å². The lowest BCUT2D eigenvalue weighted by atomic mass is 9.95. The van der Waals surface area contributed by atoms with Gasteiger partial charge in [-0.05, 0) is 37.2 Å². The molecule has 1 aromatic carbocycles. The van der Waals surface area contributed by atoms with Gasteiger partial charge in [0.25, 0.3) is 0 Å². The summed E-state index contributed by atoms with van der Waals surface area (Å²) in [6, 6.07) is 9.17. The molecular weight excluding hydrogens is 426 g/mol. The molecule has 9 heteroatoms. The second-order valence-electron chi connectivity index (χ2n) is 8.29. The van der Waals surface area contributed by atoms with E-state index in [4.69, 9.17) is 9.47 Å². The van der Waals surface area contributed by atoms with Gasteiger partial charge >= 0.3 is 12.1 Å². The second-order valence-corrected chi connectivity index (χ2v) is 8.29. The average molecular weight is 464 g/mol. The fourth-order valence-corrected chi connectivity index (χ4v) is 2.99. The smallest absolute Gasteiger partial charge is 0.407 e. The predicted molar refractivity (Wildman–Crippen MR) is 124 cm³/mol. The lowest BCUT2D eigenvalue weighted by Crippen LogP contribution is -2.55. The number of ether oxygens (including phenoxy) is 2. The van der Waals surface area contributed by atoms with Crippen molar-refractivity contribution in [3.8, 4) is 0 Å². The van der Waals surface area contributed by atoms with Gasteiger partial charge in [0.05, 0.1) is 6.61 Å². The maximum absolute atomic E-state index is 12.8. The molecule has 33 heavy (non-hydrogen) atoms. The van der Waals surface area contributed by atoms with Crippen LogP contribution in [0, 0.1) is 17.8 Å². The summed E-state index contributed by atoms with van der Waals surface area (Å²) in [6.45, 7) is 9.25. The van der Waals surface area contributed by atoms with Crippen LogP contribution in [-0.4, -0.2) is 43.2 Å². The third kappa shape index (κ3) is 10.9. The summed E-state index contributed by atoms with van der Waals surface area (Å²) >= 11 is 0. The summed E-state index contributed by atoms with van der Waals surface area (Å²) in [5.41, 5.74) is 0.828. The zero-order chi connectivity index (χ0) is 24.8. The average Bonchev–Trinajstić information content (AvgIpc) is 2.79. The molecule has 0 aliphatic rings. The van der Waals surface area contributed by atoms with Gasteiger partial charge in [-0.15, -0.1) is 0 Å². The molecule has 0 saturated heterocycles. The van der Waals surface area contributed by atoms with Crippen LogP contribution in [0.15, 0.2) is 30.3 Å². The fraction of sp³-hybridized carbons (Fsp3) is 0.583. The summed E-state index contributed by atoms with van der Waals surface area (Å²) in [7, 11) is 0. The van der Waals surface area contributed by atoms with E-state index in [1.807, 2.05) is 58.0 Å². The van der Waals surface area contributed by atoms with E-state index in [2.05, 4.69) is 16.0 Å². The van der Waals surface area contributed by atoms with Crippen LogP contribution < -0.4 is 16.0 Å². The van der Waals surface area contributed by atoms with Crippen molar-refractivity contribution in [2.75, 3.05) is 13.2 Å².